The maximum Gasteiger partial charge on any atom is 0.137 e. The summed E-state index contributed by atoms with van der Waals surface area (Å²) >= 11 is 0. The third-order valence-corrected chi connectivity index (χ3v) is 1.70. The van der Waals surface area contributed by atoms with Crippen LogP contribution < -0.4 is 0 Å². The molecule has 1 heterocycles. The summed E-state index contributed by atoms with van der Waals surface area (Å²) in [6.07, 6.45) is 4.51. The maximum absolute atomic E-state index is 4.07. The van der Waals surface area contributed by atoms with Crippen molar-refractivity contribution in [3.8, 4) is 0 Å². The van der Waals surface area contributed by atoms with Crippen molar-refractivity contribution in [1.29, 1.82) is 0 Å². The highest BCUT2D eigenvalue weighted by Crippen LogP contribution is 2.14. The third kappa shape index (κ3) is 2.33. The number of nitrogens with zero attached hydrogens (tertiary/aromatic N) is 3. The van der Waals surface area contributed by atoms with Crippen LogP contribution in [-0.2, 0) is 0 Å². The van der Waals surface area contributed by atoms with Crippen LogP contribution in [0.5, 0.6) is 0 Å². The Morgan fingerprint density at radius 3 is 2.55 bits per heavy atom. The molecule has 0 radical (unpaired) electrons. The lowest BCUT2D eigenvalue weighted by molar-refractivity contribution is 0.397. The molecule has 0 aromatic carbocycles. The van der Waals surface area contributed by atoms with Crippen LogP contribution in [0.25, 0.3) is 0 Å². The second-order valence-corrected chi connectivity index (χ2v) is 3.35. The average molecular weight is 153 g/mol. The summed E-state index contributed by atoms with van der Waals surface area (Å²) in [5.74, 6) is 0.717. The van der Waals surface area contributed by atoms with E-state index >= 15 is 0 Å². The monoisotopic (exact) mass is 153 g/mol. The van der Waals surface area contributed by atoms with Gasteiger partial charge in [-0.15, -0.1) is 0 Å². The Labute approximate surface area is 67.4 Å². The Hall–Kier alpha value is -0.860. The Balaban J connectivity index is 2.49. The van der Waals surface area contributed by atoms with Crippen LogP contribution in [0.15, 0.2) is 12.7 Å². The second kappa shape index (κ2) is 3.51. The topological polar surface area (TPSA) is 30.7 Å². The smallest absolute Gasteiger partial charge is 0.137 e. The van der Waals surface area contributed by atoms with Crippen LogP contribution in [0.3, 0.4) is 0 Å². The van der Waals surface area contributed by atoms with Crippen LogP contribution in [0.2, 0.25) is 0 Å². The fourth-order valence-electron chi connectivity index (χ4n) is 1.24. The summed E-state index contributed by atoms with van der Waals surface area (Å²) in [4.78, 5) is 3.90. The molecule has 0 aliphatic carbocycles. The fraction of sp³-hybridized carbons (Fsp3) is 0.750. The summed E-state index contributed by atoms with van der Waals surface area (Å²) in [7, 11) is 0. The van der Waals surface area contributed by atoms with Gasteiger partial charge >= 0.3 is 0 Å². The maximum atomic E-state index is 4.07. The van der Waals surface area contributed by atoms with Crippen LogP contribution >= 0.6 is 0 Å². The van der Waals surface area contributed by atoms with Crippen molar-refractivity contribution < 1.29 is 0 Å². The standard InChI is InChI=1S/C8H15N3/c1-7(2)4-8(3)11-6-9-5-10-11/h5-8H,4H2,1-3H3. The summed E-state index contributed by atoms with van der Waals surface area (Å²) in [5, 5.41) is 4.07. The first kappa shape index (κ1) is 8.24. The minimum atomic E-state index is 0.470. The highest BCUT2D eigenvalue weighted by atomic mass is 15.3. The van der Waals surface area contributed by atoms with Crippen LogP contribution in [0.1, 0.15) is 33.2 Å². The van der Waals surface area contributed by atoms with Crippen LogP contribution in [-0.4, -0.2) is 14.8 Å². The number of rotatable bonds is 3. The van der Waals surface area contributed by atoms with Crippen molar-refractivity contribution in [3.05, 3.63) is 12.7 Å². The SMILES string of the molecule is CC(C)CC(C)n1cncn1. The molecule has 11 heavy (non-hydrogen) atoms. The molecule has 0 aliphatic heterocycles. The molecule has 0 saturated carbocycles. The molecule has 0 saturated heterocycles. The lowest BCUT2D eigenvalue weighted by atomic mass is 10.1. The highest BCUT2D eigenvalue weighted by molar-refractivity contribution is 4.65. The van der Waals surface area contributed by atoms with Crippen molar-refractivity contribution in [3.63, 3.8) is 0 Å². The summed E-state index contributed by atoms with van der Waals surface area (Å²) in [6.45, 7) is 6.59. The second-order valence-electron chi connectivity index (χ2n) is 3.35. The van der Waals surface area contributed by atoms with E-state index in [-0.39, 0.29) is 0 Å². The molecule has 0 fully saturated rings. The normalized spacial score (nSPS) is 13.8. The lowest BCUT2D eigenvalue weighted by Gasteiger charge is -2.12. The molecule has 1 aromatic rings. The highest BCUT2D eigenvalue weighted by Gasteiger charge is 2.06. The third-order valence-electron chi connectivity index (χ3n) is 1.70. The molecule has 0 N–H and O–H groups in total. The summed E-state index contributed by atoms with van der Waals surface area (Å²) in [5.41, 5.74) is 0. The van der Waals surface area contributed by atoms with E-state index in [1.54, 1.807) is 12.7 Å². The van der Waals surface area contributed by atoms with Crippen molar-refractivity contribution in [1.82, 2.24) is 14.8 Å². The van der Waals surface area contributed by atoms with Gasteiger partial charge in [-0.1, -0.05) is 13.8 Å². The van der Waals surface area contributed by atoms with E-state index in [9.17, 15) is 0 Å². The first-order valence-corrected chi connectivity index (χ1v) is 4.04. The van der Waals surface area contributed by atoms with Gasteiger partial charge in [-0.05, 0) is 19.3 Å². The quantitative estimate of drug-likeness (QED) is 0.663. The first-order chi connectivity index (χ1) is 5.20. The molecular weight excluding hydrogens is 138 g/mol. The van der Waals surface area contributed by atoms with Crippen molar-refractivity contribution in [2.24, 2.45) is 5.92 Å². The lowest BCUT2D eigenvalue weighted by Crippen LogP contribution is -2.08. The van der Waals surface area contributed by atoms with Gasteiger partial charge in [0.15, 0.2) is 0 Å². The predicted octanol–water partition coefficient (Wildman–Crippen LogP) is 1.89. The van der Waals surface area contributed by atoms with Crippen molar-refractivity contribution >= 4 is 0 Å². The van der Waals surface area contributed by atoms with Crippen molar-refractivity contribution in [2.45, 2.75) is 33.2 Å². The van der Waals surface area contributed by atoms with E-state index in [2.05, 4.69) is 30.9 Å². The first-order valence-electron chi connectivity index (χ1n) is 4.04. The summed E-state index contributed by atoms with van der Waals surface area (Å²) < 4.78 is 1.90. The van der Waals surface area contributed by atoms with E-state index in [1.807, 2.05) is 4.68 Å². The van der Waals surface area contributed by atoms with E-state index < -0.39 is 0 Å². The average Bonchev–Trinajstić information content (AvgIpc) is 2.35. The molecule has 1 atom stereocenters. The van der Waals surface area contributed by atoms with Crippen molar-refractivity contribution in [2.75, 3.05) is 0 Å². The van der Waals surface area contributed by atoms with Crippen LogP contribution in [0.4, 0.5) is 0 Å². The van der Waals surface area contributed by atoms with Gasteiger partial charge < -0.3 is 0 Å². The van der Waals surface area contributed by atoms with Crippen LogP contribution in [0, 0.1) is 5.92 Å². The van der Waals surface area contributed by atoms with Gasteiger partial charge in [0, 0.05) is 0 Å². The molecule has 3 heteroatoms. The molecule has 3 nitrogen and oxygen atoms in total. The minimum absolute atomic E-state index is 0.470. The molecule has 0 aliphatic rings. The molecule has 1 rings (SSSR count). The zero-order valence-corrected chi connectivity index (χ0v) is 7.36. The molecule has 0 bridgehead atoms. The van der Waals surface area contributed by atoms with Gasteiger partial charge in [0.25, 0.3) is 0 Å². The van der Waals surface area contributed by atoms with Gasteiger partial charge in [-0.2, -0.15) is 5.10 Å². The largest absolute Gasteiger partial charge is 0.250 e. The Kier molecular flexibility index (Phi) is 2.63. The molecule has 0 amide bonds. The molecule has 62 valence electrons. The van der Waals surface area contributed by atoms with Gasteiger partial charge in [0.2, 0.25) is 0 Å². The Morgan fingerprint density at radius 1 is 1.36 bits per heavy atom. The fourth-order valence-corrected chi connectivity index (χ4v) is 1.24. The zero-order valence-electron chi connectivity index (χ0n) is 7.36. The molecule has 0 spiro atoms. The zero-order chi connectivity index (χ0) is 8.27. The molecule has 1 aromatic heterocycles. The minimum Gasteiger partial charge on any atom is -0.250 e. The summed E-state index contributed by atoms with van der Waals surface area (Å²) in [6, 6.07) is 0.470. The molecular formula is C8H15N3. The Morgan fingerprint density at radius 2 is 2.09 bits per heavy atom. The Bertz CT molecular complexity index is 191. The van der Waals surface area contributed by atoms with Gasteiger partial charge in [0.1, 0.15) is 12.7 Å². The van der Waals surface area contributed by atoms with Gasteiger partial charge in [-0.25, -0.2) is 4.98 Å². The van der Waals surface area contributed by atoms with E-state index in [0.29, 0.717) is 12.0 Å². The number of aromatic nitrogens is 3. The van der Waals surface area contributed by atoms with E-state index in [0.717, 1.165) is 6.42 Å². The molecule has 1 unspecified atom stereocenters. The predicted molar refractivity (Wildman–Crippen MR) is 44.2 cm³/mol. The van der Waals surface area contributed by atoms with E-state index in [1.165, 1.54) is 0 Å². The number of hydrogen-bond donors (Lipinski definition) is 0. The number of hydrogen-bond acceptors (Lipinski definition) is 2. The van der Waals surface area contributed by atoms with Gasteiger partial charge in [-0.3, -0.25) is 4.68 Å². The van der Waals surface area contributed by atoms with Gasteiger partial charge in [0.05, 0.1) is 6.04 Å². The van der Waals surface area contributed by atoms with E-state index in [4.69, 9.17) is 0 Å².